The second kappa shape index (κ2) is 7.29. The van der Waals surface area contributed by atoms with Crippen molar-refractivity contribution >= 4 is 29.9 Å². The molecule has 4 nitrogen and oxygen atoms in total. The summed E-state index contributed by atoms with van der Waals surface area (Å²) in [4.78, 5) is 6.99. The lowest BCUT2D eigenvalue weighted by Crippen LogP contribution is -2.48. The minimum absolute atomic E-state index is 0. The third kappa shape index (κ3) is 5.39. The molecule has 0 aromatic heterocycles. The summed E-state index contributed by atoms with van der Waals surface area (Å²) in [5.41, 5.74) is 0.277. The van der Waals surface area contributed by atoms with Gasteiger partial charge in [-0.15, -0.1) is 24.0 Å². The van der Waals surface area contributed by atoms with Gasteiger partial charge in [-0.2, -0.15) is 0 Å². The summed E-state index contributed by atoms with van der Waals surface area (Å²) < 4.78 is 0. The predicted octanol–water partition coefficient (Wildman–Crippen LogP) is 2.30. The molecule has 0 amide bonds. The monoisotopic (exact) mass is 394 g/mol. The Morgan fingerprint density at radius 3 is 2.40 bits per heavy atom. The molecule has 0 bridgehead atoms. The number of hydrogen-bond acceptors (Lipinski definition) is 2. The van der Waals surface area contributed by atoms with Crippen molar-refractivity contribution in [3.63, 3.8) is 0 Å². The quantitative estimate of drug-likeness (QED) is 0.439. The third-order valence-corrected chi connectivity index (χ3v) is 4.04. The maximum Gasteiger partial charge on any atom is 0.191 e. The van der Waals surface area contributed by atoms with Crippen LogP contribution in [-0.4, -0.2) is 49.6 Å². The van der Waals surface area contributed by atoms with E-state index in [4.69, 9.17) is 0 Å². The average Bonchev–Trinajstić information content (AvgIpc) is 3.09. The molecule has 0 aromatic rings. The Morgan fingerprint density at radius 1 is 1.25 bits per heavy atom. The fourth-order valence-electron chi connectivity index (χ4n) is 2.65. The molecule has 1 saturated heterocycles. The highest BCUT2D eigenvalue weighted by Crippen LogP contribution is 2.31. The van der Waals surface area contributed by atoms with Gasteiger partial charge in [-0.3, -0.25) is 9.89 Å². The zero-order chi connectivity index (χ0) is 14.0. The minimum Gasteiger partial charge on any atom is -0.356 e. The van der Waals surface area contributed by atoms with Gasteiger partial charge in [0.05, 0.1) is 0 Å². The summed E-state index contributed by atoms with van der Waals surface area (Å²) in [6.07, 6.45) is 2.80. The summed E-state index contributed by atoms with van der Waals surface area (Å²) in [7, 11) is 1.86. The van der Waals surface area contributed by atoms with Crippen LogP contribution in [0.2, 0.25) is 0 Å². The Labute approximate surface area is 141 Å². The molecule has 118 valence electrons. The Kier molecular flexibility index (Phi) is 6.57. The SMILES string of the molecule is CN=C(NCC(C)(C)C)NC1CN(C2CC2)CC1C.I. The summed E-state index contributed by atoms with van der Waals surface area (Å²) in [6.45, 7) is 12.4. The molecule has 2 rings (SSSR count). The van der Waals surface area contributed by atoms with Crippen molar-refractivity contribution in [1.82, 2.24) is 15.5 Å². The van der Waals surface area contributed by atoms with E-state index in [0.717, 1.165) is 18.5 Å². The van der Waals surface area contributed by atoms with Crippen LogP contribution < -0.4 is 10.6 Å². The molecule has 1 aliphatic carbocycles. The van der Waals surface area contributed by atoms with Crippen LogP contribution in [0.4, 0.5) is 0 Å². The van der Waals surface area contributed by atoms with Gasteiger partial charge in [-0.25, -0.2) is 0 Å². The first-order chi connectivity index (χ1) is 8.89. The maximum atomic E-state index is 4.35. The van der Waals surface area contributed by atoms with Crippen LogP contribution in [0.1, 0.15) is 40.5 Å². The van der Waals surface area contributed by atoms with Crippen molar-refractivity contribution in [3.8, 4) is 0 Å². The second-order valence-electron chi connectivity index (χ2n) is 7.40. The molecule has 2 atom stereocenters. The molecular formula is C15H31IN4. The van der Waals surface area contributed by atoms with Crippen molar-refractivity contribution in [2.24, 2.45) is 16.3 Å². The van der Waals surface area contributed by atoms with Crippen LogP contribution in [0.5, 0.6) is 0 Å². The predicted molar refractivity (Wildman–Crippen MR) is 96.9 cm³/mol. The average molecular weight is 394 g/mol. The van der Waals surface area contributed by atoms with Gasteiger partial charge in [-0.05, 0) is 24.2 Å². The second-order valence-corrected chi connectivity index (χ2v) is 7.40. The van der Waals surface area contributed by atoms with Crippen LogP contribution in [0.25, 0.3) is 0 Å². The van der Waals surface area contributed by atoms with E-state index in [1.807, 2.05) is 7.05 Å². The van der Waals surface area contributed by atoms with Crippen LogP contribution >= 0.6 is 24.0 Å². The van der Waals surface area contributed by atoms with Gasteiger partial charge in [0.15, 0.2) is 5.96 Å². The van der Waals surface area contributed by atoms with Gasteiger partial charge in [0.2, 0.25) is 0 Å². The zero-order valence-corrected chi connectivity index (χ0v) is 15.9. The van der Waals surface area contributed by atoms with Gasteiger partial charge in [-0.1, -0.05) is 27.7 Å². The van der Waals surface area contributed by atoms with Crippen molar-refractivity contribution in [1.29, 1.82) is 0 Å². The Hall–Kier alpha value is -0.0400. The first-order valence-corrected chi connectivity index (χ1v) is 7.60. The standard InChI is InChI=1S/C15H30N4.HI/c1-11-8-19(12-6-7-12)9-13(11)18-14(16-5)17-10-15(2,3)4;/h11-13H,6-10H2,1-5H3,(H2,16,17,18);1H. The molecule has 2 unspecified atom stereocenters. The summed E-state index contributed by atoms with van der Waals surface area (Å²) in [6, 6.07) is 1.41. The summed E-state index contributed by atoms with van der Waals surface area (Å²) in [5.74, 6) is 1.65. The molecule has 0 radical (unpaired) electrons. The van der Waals surface area contributed by atoms with Gasteiger partial charge >= 0.3 is 0 Å². The van der Waals surface area contributed by atoms with Crippen LogP contribution in [0.3, 0.4) is 0 Å². The Bertz CT molecular complexity index is 333. The molecule has 1 saturated carbocycles. The third-order valence-electron chi connectivity index (χ3n) is 4.04. The largest absolute Gasteiger partial charge is 0.356 e. The smallest absolute Gasteiger partial charge is 0.191 e. The molecule has 1 aliphatic heterocycles. The number of nitrogens with zero attached hydrogens (tertiary/aromatic N) is 2. The van der Waals surface area contributed by atoms with Crippen molar-refractivity contribution in [2.45, 2.75) is 52.6 Å². The number of halogens is 1. The molecule has 2 aliphatic rings. The number of aliphatic imine (C=N–C) groups is 1. The van der Waals surface area contributed by atoms with Gasteiger partial charge < -0.3 is 10.6 Å². The minimum atomic E-state index is 0. The highest BCUT2D eigenvalue weighted by atomic mass is 127. The zero-order valence-electron chi connectivity index (χ0n) is 13.6. The molecule has 2 N–H and O–H groups in total. The first kappa shape index (κ1) is 18.0. The molecule has 20 heavy (non-hydrogen) atoms. The number of rotatable bonds is 3. The lowest BCUT2D eigenvalue weighted by atomic mass is 9.97. The molecule has 0 aromatic carbocycles. The van der Waals surface area contributed by atoms with E-state index in [0.29, 0.717) is 12.0 Å². The van der Waals surface area contributed by atoms with Crippen LogP contribution in [-0.2, 0) is 0 Å². The summed E-state index contributed by atoms with van der Waals surface area (Å²) >= 11 is 0. The van der Waals surface area contributed by atoms with Crippen molar-refractivity contribution < 1.29 is 0 Å². The van der Waals surface area contributed by atoms with E-state index in [-0.39, 0.29) is 29.4 Å². The number of hydrogen-bond donors (Lipinski definition) is 2. The fourth-order valence-corrected chi connectivity index (χ4v) is 2.65. The van der Waals surface area contributed by atoms with E-state index in [1.165, 1.54) is 25.9 Å². The van der Waals surface area contributed by atoms with Crippen LogP contribution in [0.15, 0.2) is 4.99 Å². The van der Waals surface area contributed by atoms with Gasteiger partial charge in [0, 0.05) is 38.8 Å². The molecule has 1 heterocycles. The van der Waals surface area contributed by atoms with E-state index < -0.39 is 0 Å². The molecule has 2 fully saturated rings. The number of guanidine groups is 1. The molecular weight excluding hydrogens is 363 g/mol. The molecule has 5 heteroatoms. The maximum absolute atomic E-state index is 4.35. The Balaban J connectivity index is 0.00000200. The fraction of sp³-hybridized carbons (Fsp3) is 0.933. The van der Waals surface area contributed by atoms with E-state index in [1.54, 1.807) is 0 Å². The number of nitrogens with one attached hydrogen (secondary N) is 2. The van der Waals surface area contributed by atoms with Gasteiger partial charge in [0.1, 0.15) is 0 Å². The highest BCUT2D eigenvalue weighted by molar-refractivity contribution is 14.0. The van der Waals surface area contributed by atoms with Crippen LogP contribution in [0, 0.1) is 11.3 Å². The Morgan fingerprint density at radius 2 is 1.90 bits per heavy atom. The van der Waals surface area contributed by atoms with E-state index in [2.05, 4.69) is 48.2 Å². The van der Waals surface area contributed by atoms with Crippen molar-refractivity contribution in [2.75, 3.05) is 26.7 Å². The molecule has 0 spiro atoms. The van der Waals surface area contributed by atoms with Gasteiger partial charge in [0.25, 0.3) is 0 Å². The first-order valence-electron chi connectivity index (χ1n) is 7.60. The van der Waals surface area contributed by atoms with E-state index in [9.17, 15) is 0 Å². The van der Waals surface area contributed by atoms with Crippen molar-refractivity contribution in [3.05, 3.63) is 0 Å². The highest BCUT2D eigenvalue weighted by Gasteiger charge is 2.38. The lowest BCUT2D eigenvalue weighted by Gasteiger charge is -2.24. The topological polar surface area (TPSA) is 39.7 Å². The normalized spacial score (nSPS) is 28.1. The number of likely N-dealkylation sites (tertiary alicyclic amines) is 1. The summed E-state index contributed by atoms with van der Waals surface area (Å²) in [5, 5.41) is 7.03. The lowest BCUT2D eigenvalue weighted by molar-refractivity contribution is 0.315. The van der Waals surface area contributed by atoms with E-state index >= 15 is 0 Å².